The molecular weight excluding hydrogens is 288 g/mol. The lowest BCUT2D eigenvalue weighted by Crippen LogP contribution is -2.07. The zero-order valence-electron chi connectivity index (χ0n) is 14.5. The van der Waals surface area contributed by atoms with Crippen molar-refractivity contribution in [1.82, 2.24) is 0 Å². The van der Waals surface area contributed by atoms with Crippen LogP contribution in [0.15, 0.2) is 24.3 Å². The van der Waals surface area contributed by atoms with Crippen molar-refractivity contribution in [1.29, 1.82) is 0 Å². The lowest BCUT2D eigenvalue weighted by Gasteiger charge is -2.15. The number of carboxylic acids is 1. The Bertz CT molecular complexity index is 532. The molecule has 128 valence electrons. The second-order valence-corrected chi connectivity index (χ2v) is 6.37. The zero-order chi connectivity index (χ0) is 17.2. The molecular formula is C20H30O3. The van der Waals surface area contributed by atoms with Gasteiger partial charge >= 0.3 is 5.97 Å². The highest BCUT2D eigenvalue weighted by Gasteiger charge is 2.17. The van der Waals surface area contributed by atoms with Crippen LogP contribution >= 0.6 is 0 Å². The first-order valence-electron chi connectivity index (χ1n) is 8.68. The molecule has 0 saturated carbocycles. The molecule has 0 atom stereocenters. The van der Waals surface area contributed by atoms with Crippen molar-refractivity contribution >= 4 is 5.97 Å². The Morgan fingerprint density at radius 2 is 1.70 bits per heavy atom. The normalized spacial score (nSPS) is 10.7. The minimum atomic E-state index is -0.925. The Hall–Kier alpha value is -1.77. The summed E-state index contributed by atoms with van der Waals surface area (Å²) in [6, 6.07) is 3.02. The number of hydrogen-bond acceptors (Lipinski definition) is 2. The quantitative estimate of drug-likeness (QED) is 0.418. The van der Waals surface area contributed by atoms with Crippen LogP contribution in [0.2, 0.25) is 0 Å². The highest BCUT2D eigenvalue weighted by atomic mass is 16.4. The predicted octanol–water partition coefficient (Wildman–Crippen LogP) is 5.50. The second-order valence-electron chi connectivity index (χ2n) is 6.37. The monoisotopic (exact) mass is 318 g/mol. The maximum atomic E-state index is 11.5. The smallest absolute Gasteiger partial charge is 0.335 e. The van der Waals surface area contributed by atoms with Crippen molar-refractivity contribution in [2.24, 2.45) is 0 Å². The highest BCUT2D eigenvalue weighted by Crippen LogP contribution is 2.28. The van der Waals surface area contributed by atoms with Gasteiger partial charge in [0.1, 0.15) is 5.75 Å². The summed E-state index contributed by atoms with van der Waals surface area (Å²) < 4.78 is 0. The molecule has 0 amide bonds. The van der Waals surface area contributed by atoms with E-state index in [1.807, 2.05) is 6.92 Å². The summed E-state index contributed by atoms with van der Waals surface area (Å²) in [4.78, 5) is 11.5. The number of carbonyl (C=O) groups is 1. The third-order valence-corrected chi connectivity index (χ3v) is 4.22. The molecule has 2 N–H and O–H groups in total. The summed E-state index contributed by atoms with van der Waals surface area (Å²) in [5, 5.41) is 19.6. The molecule has 0 spiro atoms. The number of phenols is 1. The van der Waals surface area contributed by atoms with Crippen LogP contribution in [0.3, 0.4) is 0 Å². The van der Waals surface area contributed by atoms with E-state index in [-0.39, 0.29) is 5.75 Å². The van der Waals surface area contributed by atoms with Gasteiger partial charge in [0.2, 0.25) is 0 Å². The Morgan fingerprint density at radius 3 is 2.30 bits per heavy atom. The molecule has 3 nitrogen and oxygen atoms in total. The highest BCUT2D eigenvalue weighted by molar-refractivity contribution is 5.90. The number of aromatic hydroxyl groups is 1. The molecule has 3 heteroatoms. The third-order valence-electron chi connectivity index (χ3n) is 4.22. The number of aromatic carboxylic acids is 1. The van der Waals surface area contributed by atoms with Gasteiger partial charge in [-0.2, -0.15) is 0 Å². The number of benzene rings is 1. The van der Waals surface area contributed by atoms with Crippen LogP contribution in [0.5, 0.6) is 5.75 Å². The van der Waals surface area contributed by atoms with Crippen LogP contribution in [0.4, 0.5) is 0 Å². The summed E-state index contributed by atoms with van der Waals surface area (Å²) in [6.45, 7) is 8.03. The maximum Gasteiger partial charge on any atom is 0.335 e. The first kappa shape index (κ1) is 19.3. The van der Waals surface area contributed by atoms with Crippen LogP contribution in [-0.4, -0.2) is 16.2 Å². The lowest BCUT2D eigenvalue weighted by molar-refractivity contribution is 0.0695. The van der Waals surface area contributed by atoms with Gasteiger partial charge in [-0.15, -0.1) is 6.58 Å². The van der Waals surface area contributed by atoms with E-state index in [1.165, 1.54) is 37.8 Å². The van der Waals surface area contributed by atoms with Gasteiger partial charge < -0.3 is 10.2 Å². The molecule has 0 heterocycles. The van der Waals surface area contributed by atoms with Crippen LogP contribution < -0.4 is 0 Å². The van der Waals surface area contributed by atoms with Gasteiger partial charge in [0, 0.05) is 0 Å². The molecule has 0 aliphatic carbocycles. The molecule has 0 radical (unpaired) electrons. The SMILES string of the molecule is C=C(C)CCc1c(C(=O)O)ccc(O)c1CCCCCCCC. The topological polar surface area (TPSA) is 57.5 Å². The molecule has 1 aromatic rings. The van der Waals surface area contributed by atoms with E-state index >= 15 is 0 Å². The number of unbranched alkanes of at least 4 members (excludes halogenated alkanes) is 5. The molecule has 0 bridgehead atoms. The van der Waals surface area contributed by atoms with Crippen molar-refractivity contribution in [3.63, 3.8) is 0 Å². The van der Waals surface area contributed by atoms with Gasteiger partial charge in [0.25, 0.3) is 0 Å². The number of allylic oxidation sites excluding steroid dienone is 1. The average molecular weight is 318 g/mol. The summed E-state index contributed by atoms with van der Waals surface area (Å²) in [5.74, 6) is -0.703. The van der Waals surface area contributed by atoms with Gasteiger partial charge in [0.05, 0.1) is 5.56 Å². The molecule has 0 aromatic heterocycles. The van der Waals surface area contributed by atoms with Crippen LogP contribution in [0, 0.1) is 0 Å². The summed E-state index contributed by atoms with van der Waals surface area (Å²) >= 11 is 0. The van der Waals surface area contributed by atoms with Crippen LogP contribution in [0.25, 0.3) is 0 Å². The molecule has 0 aliphatic rings. The third kappa shape index (κ3) is 6.47. The van der Waals surface area contributed by atoms with Gasteiger partial charge in [-0.3, -0.25) is 0 Å². The van der Waals surface area contributed by atoms with Crippen molar-refractivity contribution < 1.29 is 15.0 Å². The fraction of sp³-hybridized carbons (Fsp3) is 0.550. The standard InChI is InChI=1S/C20H30O3/c1-4-5-6-7-8-9-10-17-16(12-11-15(2)3)18(20(22)23)13-14-19(17)21/h13-14,21H,2,4-12H2,1,3H3,(H,22,23). The second kappa shape index (κ2) is 10.1. The van der Waals surface area contributed by atoms with Gasteiger partial charge in [-0.05, 0) is 55.9 Å². The fourth-order valence-electron chi connectivity index (χ4n) is 2.87. The first-order chi connectivity index (χ1) is 11.0. The zero-order valence-corrected chi connectivity index (χ0v) is 14.5. The average Bonchev–Trinajstić information content (AvgIpc) is 2.49. The lowest BCUT2D eigenvalue weighted by atomic mass is 9.91. The van der Waals surface area contributed by atoms with Gasteiger partial charge in [0.15, 0.2) is 0 Å². The van der Waals surface area contributed by atoms with Gasteiger partial charge in [-0.1, -0.05) is 44.6 Å². The summed E-state index contributed by atoms with van der Waals surface area (Å²) in [5.41, 5.74) is 2.91. The van der Waals surface area contributed by atoms with Gasteiger partial charge in [-0.25, -0.2) is 4.79 Å². The molecule has 0 aliphatic heterocycles. The Labute approximate surface area is 140 Å². The van der Waals surface area contributed by atoms with Crippen molar-refractivity contribution in [2.75, 3.05) is 0 Å². The summed E-state index contributed by atoms with van der Waals surface area (Å²) in [7, 11) is 0. The van der Waals surface area contributed by atoms with E-state index in [0.29, 0.717) is 12.0 Å². The number of phenolic OH excluding ortho intramolecular Hbond substituents is 1. The largest absolute Gasteiger partial charge is 0.508 e. The number of carboxylic acid groups (broad SMARTS) is 1. The minimum absolute atomic E-state index is 0.222. The number of rotatable bonds is 11. The van der Waals surface area contributed by atoms with E-state index in [0.717, 1.165) is 42.4 Å². The van der Waals surface area contributed by atoms with Crippen LogP contribution in [0.1, 0.15) is 80.3 Å². The first-order valence-corrected chi connectivity index (χ1v) is 8.68. The molecule has 1 rings (SSSR count). The molecule has 1 aromatic carbocycles. The fourth-order valence-corrected chi connectivity index (χ4v) is 2.87. The summed E-state index contributed by atoms with van der Waals surface area (Å²) in [6.07, 6.45) is 9.16. The Balaban J connectivity index is 2.83. The van der Waals surface area contributed by atoms with Crippen molar-refractivity contribution in [2.45, 2.75) is 71.6 Å². The molecule has 0 saturated heterocycles. The van der Waals surface area contributed by atoms with Crippen molar-refractivity contribution in [3.8, 4) is 5.75 Å². The van der Waals surface area contributed by atoms with E-state index in [2.05, 4.69) is 13.5 Å². The number of hydrogen-bond donors (Lipinski definition) is 2. The predicted molar refractivity (Wildman–Crippen MR) is 95.3 cm³/mol. The van der Waals surface area contributed by atoms with Crippen LogP contribution in [-0.2, 0) is 12.8 Å². The van der Waals surface area contributed by atoms with E-state index in [4.69, 9.17) is 0 Å². The van der Waals surface area contributed by atoms with E-state index in [9.17, 15) is 15.0 Å². The molecule has 0 fully saturated rings. The van der Waals surface area contributed by atoms with Crippen molar-refractivity contribution in [3.05, 3.63) is 41.0 Å². The minimum Gasteiger partial charge on any atom is -0.508 e. The van der Waals surface area contributed by atoms with E-state index < -0.39 is 5.97 Å². The van der Waals surface area contributed by atoms with E-state index in [1.54, 1.807) is 0 Å². The Kier molecular flexibility index (Phi) is 8.46. The maximum absolute atomic E-state index is 11.5. The Morgan fingerprint density at radius 1 is 1.04 bits per heavy atom. The molecule has 23 heavy (non-hydrogen) atoms. The molecule has 0 unspecified atom stereocenters.